The molecule has 0 amide bonds. The van der Waals surface area contributed by atoms with Gasteiger partial charge in [-0.05, 0) is 25.2 Å². The maximum absolute atomic E-state index is 11.1. The molecule has 0 N–H and O–H groups in total. The Morgan fingerprint density at radius 2 is 2.12 bits per heavy atom. The van der Waals surface area contributed by atoms with Gasteiger partial charge >= 0.3 is 5.97 Å². The number of hydrogen-bond donors (Lipinski definition) is 0. The number of rotatable bonds is 8. The molecule has 0 radical (unpaired) electrons. The number of hydrogen-bond acceptors (Lipinski definition) is 2. The fraction of sp³-hybridized carbons (Fsp3) is 0.800. The Labute approximate surface area is 105 Å². The molecule has 2 heteroatoms. The molecule has 1 saturated carbocycles. The zero-order valence-corrected chi connectivity index (χ0v) is 11.3. The average molecular weight is 238 g/mol. The Morgan fingerprint density at radius 3 is 2.59 bits per heavy atom. The molecule has 0 heterocycles. The van der Waals surface area contributed by atoms with Crippen LogP contribution >= 0.6 is 0 Å². The molecule has 1 rings (SSSR count). The van der Waals surface area contributed by atoms with Crippen molar-refractivity contribution in [1.29, 1.82) is 0 Å². The Hall–Kier alpha value is -0.790. The summed E-state index contributed by atoms with van der Waals surface area (Å²) < 4.78 is 5.22. The van der Waals surface area contributed by atoms with E-state index < -0.39 is 0 Å². The van der Waals surface area contributed by atoms with Gasteiger partial charge < -0.3 is 4.74 Å². The van der Waals surface area contributed by atoms with E-state index in [2.05, 4.69) is 20.4 Å². The molecule has 0 bridgehead atoms. The lowest BCUT2D eigenvalue weighted by molar-refractivity contribution is -0.143. The van der Waals surface area contributed by atoms with Crippen molar-refractivity contribution in [1.82, 2.24) is 0 Å². The van der Waals surface area contributed by atoms with Crippen molar-refractivity contribution in [3.8, 4) is 0 Å². The van der Waals surface area contributed by atoms with Crippen molar-refractivity contribution in [3.63, 3.8) is 0 Å². The Kier molecular flexibility index (Phi) is 5.73. The molecule has 1 aliphatic rings. The molecule has 0 aliphatic heterocycles. The summed E-state index contributed by atoms with van der Waals surface area (Å²) in [4.78, 5) is 11.1. The SMILES string of the molecule is C=CC(=O)OCC1(CCCCC(C)C)CCC1. The fourth-order valence-electron chi connectivity index (χ4n) is 2.48. The second-order valence-electron chi connectivity index (χ2n) is 5.81. The van der Waals surface area contributed by atoms with Crippen molar-refractivity contribution >= 4 is 5.97 Å². The van der Waals surface area contributed by atoms with Crippen molar-refractivity contribution in [2.24, 2.45) is 11.3 Å². The molecule has 1 fully saturated rings. The highest BCUT2D eigenvalue weighted by Crippen LogP contribution is 2.45. The van der Waals surface area contributed by atoms with Crippen LogP contribution in [0.2, 0.25) is 0 Å². The Bertz CT molecular complexity index is 252. The summed E-state index contributed by atoms with van der Waals surface area (Å²) in [6, 6.07) is 0. The summed E-state index contributed by atoms with van der Waals surface area (Å²) in [5.74, 6) is 0.518. The molecule has 0 atom stereocenters. The van der Waals surface area contributed by atoms with Gasteiger partial charge in [0, 0.05) is 11.5 Å². The first-order valence-corrected chi connectivity index (χ1v) is 6.87. The monoisotopic (exact) mass is 238 g/mol. The van der Waals surface area contributed by atoms with Crippen molar-refractivity contribution in [3.05, 3.63) is 12.7 Å². The summed E-state index contributed by atoms with van der Waals surface area (Å²) in [7, 11) is 0. The first-order chi connectivity index (χ1) is 8.08. The lowest BCUT2D eigenvalue weighted by Gasteiger charge is -2.41. The molecular formula is C15H26O2. The van der Waals surface area contributed by atoms with Crippen LogP contribution in [0.4, 0.5) is 0 Å². The van der Waals surface area contributed by atoms with Gasteiger partial charge in [-0.3, -0.25) is 0 Å². The van der Waals surface area contributed by atoms with Gasteiger partial charge in [-0.1, -0.05) is 46.1 Å². The largest absolute Gasteiger partial charge is 0.462 e. The van der Waals surface area contributed by atoms with E-state index in [0.717, 1.165) is 5.92 Å². The molecule has 0 spiro atoms. The molecule has 17 heavy (non-hydrogen) atoms. The van der Waals surface area contributed by atoms with Crippen LogP contribution in [0.1, 0.15) is 58.8 Å². The highest BCUT2D eigenvalue weighted by Gasteiger charge is 2.37. The van der Waals surface area contributed by atoms with E-state index in [4.69, 9.17) is 4.74 Å². The minimum absolute atomic E-state index is 0.279. The Balaban J connectivity index is 2.21. The molecule has 0 unspecified atom stereocenters. The third-order valence-corrected chi connectivity index (χ3v) is 3.84. The third kappa shape index (κ3) is 4.93. The van der Waals surface area contributed by atoms with Crippen LogP contribution in [0.25, 0.3) is 0 Å². The van der Waals surface area contributed by atoms with Gasteiger partial charge in [-0.15, -0.1) is 0 Å². The predicted octanol–water partition coefficient (Wildman–Crippen LogP) is 4.10. The number of esters is 1. The summed E-state index contributed by atoms with van der Waals surface area (Å²) in [5, 5.41) is 0. The molecule has 0 aromatic carbocycles. The zero-order valence-electron chi connectivity index (χ0n) is 11.3. The van der Waals surface area contributed by atoms with Crippen LogP contribution in [0.15, 0.2) is 12.7 Å². The van der Waals surface area contributed by atoms with E-state index in [0.29, 0.717) is 12.0 Å². The van der Waals surface area contributed by atoms with Crippen molar-refractivity contribution < 1.29 is 9.53 Å². The third-order valence-electron chi connectivity index (χ3n) is 3.84. The lowest BCUT2D eigenvalue weighted by atomic mass is 9.66. The first-order valence-electron chi connectivity index (χ1n) is 6.87. The highest BCUT2D eigenvalue weighted by atomic mass is 16.5. The van der Waals surface area contributed by atoms with Crippen LogP contribution < -0.4 is 0 Å². The normalized spacial score (nSPS) is 17.6. The number of carbonyl (C=O) groups is 1. The number of unbranched alkanes of at least 4 members (excludes halogenated alkanes) is 1. The molecule has 2 nitrogen and oxygen atoms in total. The van der Waals surface area contributed by atoms with E-state index in [9.17, 15) is 4.79 Å². The van der Waals surface area contributed by atoms with Crippen LogP contribution in [-0.4, -0.2) is 12.6 Å². The van der Waals surface area contributed by atoms with Gasteiger partial charge in [-0.2, -0.15) is 0 Å². The van der Waals surface area contributed by atoms with Crippen molar-refractivity contribution in [2.45, 2.75) is 58.8 Å². The quantitative estimate of drug-likeness (QED) is 0.361. The molecule has 0 aromatic heterocycles. The van der Waals surface area contributed by atoms with Gasteiger partial charge in [0.15, 0.2) is 0 Å². The number of ether oxygens (including phenoxy) is 1. The topological polar surface area (TPSA) is 26.3 Å². The second-order valence-corrected chi connectivity index (χ2v) is 5.81. The van der Waals surface area contributed by atoms with Gasteiger partial charge in [-0.25, -0.2) is 4.79 Å². The number of carbonyl (C=O) groups excluding carboxylic acids is 1. The minimum Gasteiger partial charge on any atom is -0.462 e. The van der Waals surface area contributed by atoms with Gasteiger partial charge in [0.2, 0.25) is 0 Å². The van der Waals surface area contributed by atoms with Crippen LogP contribution in [0.5, 0.6) is 0 Å². The van der Waals surface area contributed by atoms with E-state index >= 15 is 0 Å². The van der Waals surface area contributed by atoms with E-state index in [1.807, 2.05) is 0 Å². The summed E-state index contributed by atoms with van der Waals surface area (Å²) in [5.41, 5.74) is 0.301. The molecular weight excluding hydrogens is 212 g/mol. The molecule has 98 valence electrons. The zero-order chi connectivity index (χ0) is 12.7. The van der Waals surface area contributed by atoms with Gasteiger partial charge in [0.05, 0.1) is 6.61 Å². The highest BCUT2D eigenvalue weighted by molar-refractivity contribution is 5.81. The average Bonchev–Trinajstić information content (AvgIpc) is 2.25. The standard InChI is InChI=1S/C15H26O2/c1-4-14(16)17-12-15(10-7-11-15)9-6-5-8-13(2)3/h4,13H,1,5-12H2,2-3H3. The van der Waals surface area contributed by atoms with E-state index in [1.54, 1.807) is 0 Å². The first kappa shape index (κ1) is 14.3. The molecule has 0 saturated heterocycles. The predicted molar refractivity (Wildman–Crippen MR) is 70.7 cm³/mol. The van der Waals surface area contributed by atoms with Crippen molar-refractivity contribution in [2.75, 3.05) is 6.61 Å². The molecule has 0 aromatic rings. The van der Waals surface area contributed by atoms with Crippen LogP contribution in [-0.2, 0) is 9.53 Å². The second kappa shape index (κ2) is 6.83. The summed E-state index contributed by atoms with van der Waals surface area (Å²) in [6.07, 6.45) is 10.1. The molecule has 1 aliphatic carbocycles. The summed E-state index contributed by atoms with van der Waals surface area (Å²) in [6.45, 7) is 8.56. The maximum Gasteiger partial charge on any atom is 0.330 e. The summed E-state index contributed by atoms with van der Waals surface area (Å²) >= 11 is 0. The van der Waals surface area contributed by atoms with E-state index in [-0.39, 0.29) is 5.97 Å². The van der Waals surface area contributed by atoms with Gasteiger partial charge in [0.1, 0.15) is 0 Å². The lowest BCUT2D eigenvalue weighted by Crippen LogP contribution is -2.35. The van der Waals surface area contributed by atoms with Gasteiger partial charge in [0.25, 0.3) is 0 Å². The van der Waals surface area contributed by atoms with E-state index in [1.165, 1.54) is 51.0 Å². The van der Waals surface area contributed by atoms with Crippen LogP contribution in [0.3, 0.4) is 0 Å². The minimum atomic E-state index is -0.279. The smallest absolute Gasteiger partial charge is 0.330 e. The maximum atomic E-state index is 11.1. The van der Waals surface area contributed by atoms with Crippen LogP contribution in [0, 0.1) is 11.3 Å². The fourth-order valence-corrected chi connectivity index (χ4v) is 2.48. The Morgan fingerprint density at radius 1 is 1.41 bits per heavy atom.